The summed E-state index contributed by atoms with van der Waals surface area (Å²) in [7, 11) is 0. The summed E-state index contributed by atoms with van der Waals surface area (Å²) in [6.07, 6.45) is 8.70. The molecule has 0 amide bonds. The molecule has 2 rings (SSSR count). The Kier molecular flexibility index (Phi) is 14.4. The Labute approximate surface area is 166 Å². The van der Waals surface area contributed by atoms with Crippen LogP contribution in [0.5, 0.6) is 0 Å². The number of allylic oxidation sites excluding steroid dienone is 2. The predicted molar refractivity (Wildman–Crippen MR) is 117 cm³/mol. The molecule has 1 aromatic heterocycles. The van der Waals surface area contributed by atoms with Crippen LogP contribution in [-0.2, 0) is 11.2 Å². The summed E-state index contributed by atoms with van der Waals surface area (Å²) >= 11 is 0. The lowest BCUT2D eigenvalue weighted by atomic mass is 9.99. The number of halogens is 1. The second kappa shape index (κ2) is 15.4. The fourth-order valence-electron chi connectivity index (χ4n) is 2.58. The lowest BCUT2D eigenvalue weighted by Crippen LogP contribution is -2.28. The van der Waals surface area contributed by atoms with Gasteiger partial charge in [-0.2, -0.15) is 0 Å². The molecule has 3 nitrogen and oxygen atoms in total. The lowest BCUT2D eigenvalue weighted by molar-refractivity contribution is 0.0904. The topological polar surface area (TPSA) is 34.1 Å². The monoisotopic (exact) mass is 378 g/mol. The van der Waals surface area contributed by atoms with Crippen LogP contribution in [0.1, 0.15) is 65.5 Å². The van der Waals surface area contributed by atoms with Gasteiger partial charge in [-0.3, -0.25) is 4.39 Å². The van der Waals surface area contributed by atoms with Gasteiger partial charge in [0.1, 0.15) is 5.82 Å². The molecule has 1 saturated heterocycles. The van der Waals surface area contributed by atoms with Gasteiger partial charge in [0.15, 0.2) is 0 Å². The highest BCUT2D eigenvalue weighted by atomic mass is 19.1. The van der Waals surface area contributed by atoms with Crippen molar-refractivity contribution >= 4 is 11.9 Å². The zero-order valence-corrected chi connectivity index (χ0v) is 18.1. The van der Waals surface area contributed by atoms with E-state index in [0.29, 0.717) is 6.04 Å². The average molecular weight is 379 g/mol. The van der Waals surface area contributed by atoms with Gasteiger partial charge in [-0.25, -0.2) is 4.98 Å². The van der Waals surface area contributed by atoms with E-state index in [9.17, 15) is 4.39 Å². The number of hydrogen-bond donors (Lipinski definition) is 1. The maximum atomic E-state index is 12.8. The largest absolute Gasteiger partial charge is 0.381 e. The maximum absolute atomic E-state index is 12.8. The molecule has 27 heavy (non-hydrogen) atoms. The van der Waals surface area contributed by atoms with E-state index in [-0.39, 0.29) is 12.6 Å². The van der Waals surface area contributed by atoms with Crippen molar-refractivity contribution in [2.45, 2.75) is 66.8 Å². The van der Waals surface area contributed by atoms with Gasteiger partial charge in [0.25, 0.3) is 0 Å². The molecule has 0 aliphatic carbocycles. The highest BCUT2D eigenvalue weighted by molar-refractivity contribution is 5.58. The van der Waals surface area contributed by atoms with Crippen LogP contribution in [0.3, 0.4) is 0 Å². The smallest absolute Gasteiger partial charge is 0.126 e. The Balaban J connectivity index is 0.00000123. The molecule has 154 valence electrons. The van der Waals surface area contributed by atoms with E-state index in [2.05, 4.69) is 35.9 Å². The van der Waals surface area contributed by atoms with E-state index in [1.165, 1.54) is 5.56 Å². The number of rotatable bonds is 6. The van der Waals surface area contributed by atoms with Gasteiger partial charge in [-0.1, -0.05) is 45.4 Å². The number of aromatic nitrogens is 1. The quantitative estimate of drug-likeness (QED) is 0.577. The van der Waals surface area contributed by atoms with Gasteiger partial charge in [-0.05, 0) is 50.3 Å². The molecule has 1 N–H and O–H groups in total. The highest BCUT2D eigenvalue weighted by Gasteiger charge is 2.14. The first kappa shape index (κ1) is 25.3. The molecule has 1 atom stereocenters. The minimum absolute atomic E-state index is 0.0373. The van der Waals surface area contributed by atoms with Crippen molar-refractivity contribution in [2.24, 2.45) is 5.92 Å². The molecule has 2 heterocycles. The van der Waals surface area contributed by atoms with Gasteiger partial charge in [0.05, 0.1) is 6.67 Å². The Morgan fingerprint density at radius 3 is 2.52 bits per heavy atom. The van der Waals surface area contributed by atoms with Crippen LogP contribution < -0.4 is 5.32 Å². The SMILES string of the molecule is C=CC.CC.CCc1cc(NC2CCOCC2)ncc1/C=C(\C)C(C)CF. The number of alkyl halides is 1. The van der Waals surface area contributed by atoms with Crippen molar-refractivity contribution in [3.05, 3.63) is 41.6 Å². The number of pyridine rings is 1. The number of nitrogens with one attached hydrogen (secondary N) is 1. The molecule has 1 aromatic rings. The van der Waals surface area contributed by atoms with E-state index >= 15 is 0 Å². The molecule has 0 aromatic carbocycles. The third kappa shape index (κ3) is 9.71. The zero-order valence-electron chi connectivity index (χ0n) is 18.1. The van der Waals surface area contributed by atoms with Crippen LogP contribution in [0.2, 0.25) is 0 Å². The van der Waals surface area contributed by atoms with E-state index in [1.54, 1.807) is 6.08 Å². The Bertz CT molecular complexity index is 551. The minimum Gasteiger partial charge on any atom is -0.381 e. The Morgan fingerprint density at radius 2 is 2.00 bits per heavy atom. The van der Waals surface area contributed by atoms with Gasteiger partial charge < -0.3 is 10.1 Å². The van der Waals surface area contributed by atoms with Crippen molar-refractivity contribution in [2.75, 3.05) is 25.2 Å². The standard InChI is InChI=1S/C18H27FN2O.C3H6.C2H6/c1-4-15-10-18(21-17-5-7-22-8-6-17)20-12-16(15)9-13(2)14(3)11-19;1-3-2;1-2/h9-10,12,14,17H,4-8,11H2,1-3H3,(H,20,21);3H,1H2,2H3;1-2H3/b13-9+;;. The van der Waals surface area contributed by atoms with Crippen LogP contribution in [0.15, 0.2) is 30.5 Å². The van der Waals surface area contributed by atoms with Gasteiger partial charge in [0.2, 0.25) is 0 Å². The first-order valence-electron chi connectivity index (χ1n) is 10.2. The number of ether oxygens (including phenoxy) is 1. The summed E-state index contributed by atoms with van der Waals surface area (Å²) in [6.45, 7) is 16.6. The summed E-state index contributed by atoms with van der Waals surface area (Å²) in [5.41, 5.74) is 3.40. The first-order chi connectivity index (χ1) is 13.0. The molecule has 1 unspecified atom stereocenters. The second-order valence-electron chi connectivity index (χ2n) is 6.50. The van der Waals surface area contributed by atoms with Crippen molar-refractivity contribution < 1.29 is 9.13 Å². The van der Waals surface area contributed by atoms with Crippen molar-refractivity contribution in [1.29, 1.82) is 0 Å². The summed E-state index contributed by atoms with van der Waals surface area (Å²) in [6, 6.07) is 2.56. The van der Waals surface area contributed by atoms with Gasteiger partial charge >= 0.3 is 0 Å². The van der Waals surface area contributed by atoms with E-state index in [1.807, 2.05) is 40.8 Å². The zero-order chi connectivity index (χ0) is 20.7. The Morgan fingerprint density at radius 1 is 1.41 bits per heavy atom. The third-order valence-corrected chi connectivity index (χ3v) is 4.37. The molecule has 4 heteroatoms. The normalized spacial score (nSPS) is 15.6. The third-order valence-electron chi connectivity index (χ3n) is 4.37. The molecule has 0 bridgehead atoms. The van der Waals surface area contributed by atoms with Crippen LogP contribution >= 0.6 is 0 Å². The van der Waals surface area contributed by atoms with Crippen LogP contribution in [-0.4, -0.2) is 30.9 Å². The van der Waals surface area contributed by atoms with E-state index in [4.69, 9.17) is 4.74 Å². The summed E-state index contributed by atoms with van der Waals surface area (Å²) < 4.78 is 18.1. The predicted octanol–water partition coefficient (Wildman–Crippen LogP) is 6.46. The fourth-order valence-corrected chi connectivity index (χ4v) is 2.58. The van der Waals surface area contributed by atoms with Crippen LogP contribution in [0, 0.1) is 5.92 Å². The molecule has 0 spiro atoms. The maximum Gasteiger partial charge on any atom is 0.126 e. The lowest BCUT2D eigenvalue weighted by Gasteiger charge is -2.24. The molecule has 1 aliphatic heterocycles. The Hall–Kier alpha value is -1.68. The van der Waals surface area contributed by atoms with Crippen LogP contribution in [0.25, 0.3) is 6.08 Å². The van der Waals surface area contributed by atoms with Crippen LogP contribution in [0.4, 0.5) is 10.2 Å². The molecule has 0 radical (unpaired) electrons. The van der Waals surface area contributed by atoms with Gasteiger partial charge in [0, 0.05) is 31.4 Å². The molecular formula is C23H39FN2O. The van der Waals surface area contributed by atoms with Crippen molar-refractivity contribution in [3.63, 3.8) is 0 Å². The van der Waals surface area contributed by atoms with Crippen molar-refractivity contribution in [1.82, 2.24) is 4.98 Å². The summed E-state index contributed by atoms with van der Waals surface area (Å²) in [5, 5.41) is 3.50. The average Bonchev–Trinajstić information content (AvgIpc) is 2.71. The molecule has 1 aliphatic rings. The number of hydrogen-bond acceptors (Lipinski definition) is 3. The summed E-state index contributed by atoms with van der Waals surface area (Å²) in [5.74, 6) is 0.891. The number of anilines is 1. The minimum atomic E-state index is -0.319. The van der Waals surface area contributed by atoms with Gasteiger partial charge in [-0.15, -0.1) is 6.58 Å². The number of nitrogens with zero attached hydrogens (tertiary/aromatic N) is 1. The second-order valence-corrected chi connectivity index (χ2v) is 6.50. The highest BCUT2D eigenvalue weighted by Crippen LogP contribution is 2.21. The van der Waals surface area contributed by atoms with E-state index < -0.39 is 0 Å². The fraction of sp³-hybridized carbons (Fsp3) is 0.609. The molecule has 1 fully saturated rings. The van der Waals surface area contributed by atoms with Crippen molar-refractivity contribution in [3.8, 4) is 0 Å². The van der Waals surface area contributed by atoms with E-state index in [0.717, 1.165) is 49.4 Å². The summed E-state index contributed by atoms with van der Waals surface area (Å²) in [4.78, 5) is 4.53. The molecule has 0 saturated carbocycles. The molecular weight excluding hydrogens is 339 g/mol. The first-order valence-corrected chi connectivity index (χ1v) is 10.2. The number of aryl methyl sites for hydroxylation is 1.